The van der Waals surface area contributed by atoms with Crippen LogP contribution in [0.15, 0.2) is 4.42 Å². The maximum Gasteiger partial charge on any atom is 0.285 e. The molecule has 6 heteroatoms. The van der Waals surface area contributed by atoms with Crippen molar-refractivity contribution in [3.05, 3.63) is 11.8 Å². The third-order valence-electron chi connectivity index (χ3n) is 1.69. The Balaban J connectivity index is 0.00000196. The van der Waals surface area contributed by atoms with Gasteiger partial charge in [0, 0.05) is 5.41 Å². The second-order valence-corrected chi connectivity index (χ2v) is 4.32. The van der Waals surface area contributed by atoms with Crippen molar-refractivity contribution in [2.75, 3.05) is 0 Å². The maximum atomic E-state index is 11.4. The molecule has 0 spiro atoms. The Morgan fingerprint density at radius 1 is 1.40 bits per heavy atom. The smallest absolute Gasteiger partial charge is 0.285 e. The zero-order valence-corrected chi connectivity index (χ0v) is 10.1. The van der Waals surface area contributed by atoms with Gasteiger partial charge in [0.1, 0.15) is 0 Å². The van der Waals surface area contributed by atoms with Crippen LogP contribution in [-0.4, -0.2) is 22.0 Å². The Kier molecular flexibility index (Phi) is 4.42. The quantitative estimate of drug-likeness (QED) is 0.779. The Labute approximate surface area is 94.8 Å². The minimum Gasteiger partial charge on any atom is -0.418 e. The number of halogens is 1. The van der Waals surface area contributed by atoms with Gasteiger partial charge in [-0.1, -0.05) is 20.8 Å². The highest BCUT2D eigenvalue weighted by Gasteiger charge is 2.24. The van der Waals surface area contributed by atoms with E-state index in [4.69, 9.17) is 10.2 Å². The van der Waals surface area contributed by atoms with Crippen molar-refractivity contribution in [1.29, 1.82) is 0 Å². The van der Waals surface area contributed by atoms with Gasteiger partial charge in [-0.3, -0.25) is 4.79 Å². The molecule has 5 nitrogen and oxygen atoms in total. The van der Waals surface area contributed by atoms with E-state index in [1.807, 2.05) is 20.8 Å². The highest BCUT2D eigenvalue weighted by atomic mass is 35.5. The van der Waals surface area contributed by atoms with Crippen LogP contribution >= 0.6 is 12.4 Å². The number of Topliss-reactive ketones (excluding diaryl/α,β-unsaturated/α-hetero) is 1. The first kappa shape index (κ1) is 14.1. The monoisotopic (exact) mass is 233 g/mol. The first-order chi connectivity index (χ1) is 6.32. The minimum absolute atomic E-state index is 0. The number of carbonyl (C=O) groups excluding carboxylic acids is 1. The van der Waals surface area contributed by atoms with Crippen molar-refractivity contribution in [2.45, 2.75) is 39.2 Å². The Bertz CT molecular complexity index is 341. The molecule has 0 aliphatic heterocycles. The molecule has 1 heterocycles. The molecule has 15 heavy (non-hydrogen) atoms. The van der Waals surface area contributed by atoms with Gasteiger partial charge < -0.3 is 10.2 Å². The summed E-state index contributed by atoms with van der Waals surface area (Å²) in [4.78, 5) is 11.4. The number of rotatable bonds is 2. The first-order valence-corrected chi connectivity index (χ1v) is 4.46. The third kappa shape index (κ3) is 3.28. The Morgan fingerprint density at radius 3 is 2.27 bits per heavy atom. The molecule has 0 amide bonds. The normalized spacial score (nSPS) is 13.1. The Morgan fingerprint density at radius 2 is 1.93 bits per heavy atom. The molecule has 0 saturated heterocycles. The summed E-state index contributed by atoms with van der Waals surface area (Å²) in [6, 6.07) is -0.608. The van der Waals surface area contributed by atoms with E-state index in [9.17, 15) is 4.79 Å². The lowest BCUT2D eigenvalue weighted by Crippen LogP contribution is -2.26. The lowest BCUT2D eigenvalue weighted by molar-refractivity contribution is 0.0930. The average molecular weight is 234 g/mol. The molecule has 0 aliphatic carbocycles. The van der Waals surface area contributed by atoms with Gasteiger partial charge in [-0.05, 0) is 6.92 Å². The van der Waals surface area contributed by atoms with E-state index in [1.165, 1.54) is 0 Å². The molecule has 1 aromatic rings. The number of nitrogens with two attached hydrogens (primary N) is 1. The van der Waals surface area contributed by atoms with Gasteiger partial charge in [-0.15, -0.1) is 22.6 Å². The van der Waals surface area contributed by atoms with Gasteiger partial charge in [-0.25, -0.2) is 0 Å². The fourth-order valence-electron chi connectivity index (χ4n) is 0.821. The lowest BCUT2D eigenvalue weighted by Gasteiger charge is -2.10. The second-order valence-electron chi connectivity index (χ2n) is 4.32. The molecule has 1 unspecified atom stereocenters. The molecule has 2 N–H and O–H groups in total. The molecule has 0 bridgehead atoms. The van der Waals surface area contributed by atoms with Crippen molar-refractivity contribution in [2.24, 2.45) is 5.73 Å². The van der Waals surface area contributed by atoms with Crippen LogP contribution in [0, 0.1) is 0 Å². The van der Waals surface area contributed by atoms with E-state index < -0.39 is 6.04 Å². The number of hydrogen-bond acceptors (Lipinski definition) is 5. The van der Waals surface area contributed by atoms with Gasteiger partial charge in [0.25, 0.3) is 5.89 Å². The average Bonchev–Trinajstić information content (AvgIpc) is 2.49. The second kappa shape index (κ2) is 4.72. The van der Waals surface area contributed by atoms with Crippen molar-refractivity contribution >= 4 is 18.2 Å². The van der Waals surface area contributed by atoms with Crippen molar-refractivity contribution in [3.8, 4) is 0 Å². The molecule has 1 rings (SSSR count). The van der Waals surface area contributed by atoms with Crippen LogP contribution in [0.3, 0.4) is 0 Å². The van der Waals surface area contributed by atoms with Crippen LogP contribution in [0.1, 0.15) is 44.3 Å². The topological polar surface area (TPSA) is 82.0 Å². The highest BCUT2D eigenvalue weighted by molar-refractivity contribution is 5.95. The van der Waals surface area contributed by atoms with Crippen molar-refractivity contribution < 1.29 is 9.21 Å². The van der Waals surface area contributed by atoms with Gasteiger partial charge >= 0.3 is 0 Å². The van der Waals surface area contributed by atoms with E-state index >= 15 is 0 Å². The van der Waals surface area contributed by atoms with E-state index in [2.05, 4.69) is 10.2 Å². The van der Waals surface area contributed by atoms with E-state index in [1.54, 1.807) is 6.92 Å². The summed E-state index contributed by atoms with van der Waals surface area (Å²) in [7, 11) is 0. The fourth-order valence-corrected chi connectivity index (χ4v) is 0.821. The largest absolute Gasteiger partial charge is 0.418 e. The SMILES string of the molecule is CC(N)C(=O)c1nnc(C(C)(C)C)o1.Cl. The number of nitrogens with zero attached hydrogens (tertiary/aromatic N) is 2. The summed E-state index contributed by atoms with van der Waals surface area (Å²) in [6.45, 7) is 7.38. The predicted octanol–water partition coefficient (Wildman–Crippen LogP) is 1.32. The number of ketones is 1. The molecule has 0 saturated carbocycles. The molecule has 1 atom stereocenters. The minimum atomic E-state index is -0.608. The van der Waals surface area contributed by atoms with Crippen LogP contribution in [0.25, 0.3) is 0 Å². The molecule has 0 radical (unpaired) electrons. The first-order valence-electron chi connectivity index (χ1n) is 4.46. The van der Waals surface area contributed by atoms with Crippen LogP contribution in [0.5, 0.6) is 0 Å². The number of carbonyl (C=O) groups is 1. The summed E-state index contributed by atoms with van der Waals surface area (Å²) in [5, 5.41) is 7.46. The molecule has 0 aromatic carbocycles. The zero-order valence-electron chi connectivity index (χ0n) is 9.27. The van der Waals surface area contributed by atoms with Gasteiger partial charge in [0.2, 0.25) is 11.7 Å². The van der Waals surface area contributed by atoms with Crippen LogP contribution in [0.2, 0.25) is 0 Å². The van der Waals surface area contributed by atoms with Crippen LogP contribution < -0.4 is 5.73 Å². The van der Waals surface area contributed by atoms with Gasteiger partial charge in [0.15, 0.2) is 0 Å². The molecule has 1 aromatic heterocycles. The zero-order chi connectivity index (χ0) is 10.9. The van der Waals surface area contributed by atoms with Crippen LogP contribution in [-0.2, 0) is 5.41 Å². The standard InChI is InChI=1S/C9H15N3O2.ClH/c1-5(10)6(13)7-11-12-8(14-7)9(2,3)4;/h5H,10H2,1-4H3;1H. The summed E-state index contributed by atoms with van der Waals surface area (Å²) >= 11 is 0. The van der Waals surface area contributed by atoms with Gasteiger partial charge in [-0.2, -0.15) is 0 Å². The summed E-state index contributed by atoms with van der Waals surface area (Å²) in [5.41, 5.74) is 5.16. The molecular formula is C9H16ClN3O2. The summed E-state index contributed by atoms with van der Waals surface area (Å²) < 4.78 is 5.22. The molecule has 86 valence electrons. The van der Waals surface area contributed by atoms with Crippen molar-refractivity contribution in [1.82, 2.24) is 10.2 Å². The Hall–Kier alpha value is -0.940. The predicted molar refractivity (Wildman–Crippen MR) is 58.2 cm³/mol. The molecular weight excluding hydrogens is 218 g/mol. The van der Waals surface area contributed by atoms with Crippen LogP contribution in [0.4, 0.5) is 0 Å². The van der Waals surface area contributed by atoms with E-state index in [0.717, 1.165) is 0 Å². The third-order valence-corrected chi connectivity index (χ3v) is 1.69. The van der Waals surface area contributed by atoms with Crippen molar-refractivity contribution in [3.63, 3.8) is 0 Å². The highest BCUT2D eigenvalue weighted by Crippen LogP contribution is 2.20. The van der Waals surface area contributed by atoms with E-state index in [0.29, 0.717) is 5.89 Å². The lowest BCUT2D eigenvalue weighted by atomic mass is 9.97. The summed E-state index contributed by atoms with van der Waals surface area (Å²) in [6.07, 6.45) is 0. The fraction of sp³-hybridized carbons (Fsp3) is 0.667. The maximum absolute atomic E-state index is 11.4. The van der Waals surface area contributed by atoms with Gasteiger partial charge in [0.05, 0.1) is 6.04 Å². The molecule has 0 fully saturated rings. The number of hydrogen-bond donors (Lipinski definition) is 1. The van der Waals surface area contributed by atoms with E-state index in [-0.39, 0.29) is 29.5 Å². The summed E-state index contributed by atoms with van der Waals surface area (Å²) in [5.74, 6) is 0.111. The number of aromatic nitrogens is 2. The molecule has 0 aliphatic rings.